The lowest BCUT2D eigenvalue weighted by Crippen LogP contribution is -1.95. The molecule has 0 radical (unpaired) electrons. The van der Waals surface area contributed by atoms with E-state index in [0.29, 0.717) is 33.8 Å². The van der Waals surface area contributed by atoms with E-state index in [-0.39, 0.29) is 12.4 Å². The van der Waals surface area contributed by atoms with Crippen molar-refractivity contribution in [3.63, 3.8) is 0 Å². The van der Waals surface area contributed by atoms with Crippen LogP contribution in [0.15, 0.2) is 30.3 Å². The van der Waals surface area contributed by atoms with E-state index in [1.165, 1.54) is 0 Å². The molecule has 0 atom stereocenters. The lowest BCUT2D eigenvalue weighted by molar-refractivity contribution is 0.341. The Labute approximate surface area is 149 Å². The molecule has 0 saturated heterocycles. The first-order chi connectivity index (χ1) is 10.6. The molecule has 0 saturated carbocycles. The van der Waals surface area contributed by atoms with Crippen molar-refractivity contribution in [2.24, 2.45) is 0 Å². The van der Waals surface area contributed by atoms with Gasteiger partial charge in [-0.3, -0.25) is 0 Å². The molecule has 3 rings (SSSR count). The van der Waals surface area contributed by atoms with Gasteiger partial charge in [0.2, 0.25) is 0 Å². The number of rotatable bonds is 3. The fourth-order valence-corrected chi connectivity index (χ4v) is 2.52. The predicted molar refractivity (Wildman–Crippen MR) is 94.7 cm³/mol. The lowest BCUT2D eigenvalue weighted by atomic mass is 10.1. The number of aromatic amines is 1. The van der Waals surface area contributed by atoms with Crippen molar-refractivity contribution in [1.82, 2.24) is 9.97 Å². The van der Waals surface area contributed by atoms with Gasteiger partial charge in [-0.15, -0.1) is 12.4 Å². The Morgan fingerprint density at radius 1 is 1.22 bits per heavy atom. The molecule has 3 aromatic rings. The zero-order valence-electron chi connectivity index (χ0n) is 12.1. The number of ether oxygens (including phenoxy) is 1. The summed E-state index contributed by atoms with van der Waals surface area (Å²) in [4.78, 5) is 7.72. The van der Waals surface area contributed by atoms with Crippen LogP contribution in [0.3, 0.4) is 0 Å². The van der Waals surface area contributed by atoms with Crippen LogP contribution in [0, 0.1) is 11.3 Å². The summed E-state index contributed by atoms with van der Waals surface area (Å²) in [5.74, 6) is 1.25. The van der Waals surface area contributed by atoms with Crippen molar-refractivity contribution >= 4 is 46.6 Å². The minimum atomic E-state index is 0. The van der Waals surface area contributed by atoms with Gasteiger partial charge in [0.25, 0.3) is 0 Å². The predicted octanol–water partition coefficient (Wildman–Crippen LogP) is 5.23. The van der Waals surface area contributed by atoms with E-state index < -0.39 is 0 Å². The Hall–Kier alpha value is -1.93. The Morgan fingerprint density at radius 3 is 2.65 bits per heavy atom. The summed E-state index contributed by atoms with van der Waals surface area (Å²) in [6.45, 7) is 2.39. The molecule has 0 bridgehead atoms. The highest BCUT2D eigenvalue weighted by Gasteiger charge is 2.13. The molecule has 1 heterocycles. The van der Waals surface area contributed by atoms with Gasteiger partial charge in [-0.05, 0) is 37.3 Å². The first-order valence-electron chi connectivity index (χ1n) is 6.64. The third kappa shape index (κ3) is 3.37. The summed E-state index contributed by atoms with van der Waals surface area (Å²) in [7, 11) is 0. The van der Waals surface area contributed by atoms with Crippen molar-refractivity contribution in [1.29, 1.82) is 5.26 Å². The third-order valence-electron chi connectivity index (χ3n) is 3.19. The second-order valence-electron chi connectivity index (χ2n) is 4.62. The number of fused-ring (bicyclic) bond motifs is 1. The lowest BCUT2D eigenvalue weighted by Gasteiger charge is -2.08. The molecule has 7 heteroatoms. The molecule has 0 aliphatic rings. The van der Waals surface area contributed by atoms with Gasteiger partial charge in [-0.1, -0.05) is 23.2 Å². The number of benzene rings is 2. The molecular formula is C16H12Cl3N3O. The molecule has 0 unspecified atom stereocenters. The number of hydrogen-bond donors (Lipinski definition) is 1. The summed E-state index contributed by atoms with van der Waals surface area (Å²) >= 11 is 12.0. The zero-order valence-corrected chi connectivity index (χ0v) is 14.4. The molecule has 1 aromatic heterocycles. The van der Waals surface area contributed by atoms with Crippen molar-refractivity contribution in [3.05, 3.63) is 45.9 Å². The summed E-state index contributed by atoms with van der Waals surface area (Å²) in [6, 6.07) is 10.8. The number of H-pyrrole nitrogens is 1. The number of nitrogens with one attached hydrogen (secondary N) is 1. The van der Waals surface area contributed by atoms with E-state index in [1.807, 2.05) is 13.0 Å². The molecule has 4 nitrogen and oxygen atoms in total. The molecule has 0 aliphatic carbocycles. The van der Waals surface area contributed by atoms with E-state index in [2.05, 4.69) is 16.0 Å². The summed E-state index contributed by atoms with van der Waals surface area (Å²) < 4.78 is 5.61. The topological polar surface area (TPSA) is 61.7 Å². The fourth-order valence-electron chi connectivity index (χ4n) is 2.19. The minimum Gasteiger partial charge on any atom is -0.493 e. The van der Waals surface area contributed by atoms with Crippen LogP contribution in [0.2, 0.25) is 10.0 Å². The number of nitriles is 1. The highest BCUT2D eigenvalue weighted by Crippen LogP contribution is 2.33. The highest BCUT2D eigenvalue weighted by molar-refractivity contribution is 6.42. The number of hydrogen-bond acceptors (Lipinski definition) is 3. The number of nitrogens with zero attached hydrogens (tertiary/aromatic N) is 2. The van der Waals surface area contributed by atoms with Gasteiger partial charge in [-0.25, -0.2) is 4.98 Å². The van der Waals surface area contributed by atoms with Gasteiger partial charge < -0.3 is 9.72 Å². The largest absolute Gasteiger partial charge is 0.493 e. The maximum atomic E-state index is 9.01. The zero-order chi connectivity index (χ0) is 15.7. The molecule has 0 fully saturated rings. The maximum absolute atomic E-state index is 9.01. The maximum Gasteiger partial charge on any atom is 0.142 e. The highest BCUT2D eigenvalue weighted by atomic mass is 35.5. The third-order valence-corrected chi connectivity index (χ3v) is 3.91. The molecule has 2 aromatic carbocycles. The molecular weight excluding hydrogens is 357 g/mol. The van der Waals surface area contributed by atoms with Gasteiger partial charge in [0.05, 0.1) is 44.9 Å². The van der Waals surface area contributed by atoms with Crippen LogP contribution in [-0.4, -0.2) is 16.6 Å². The number of aromatic nitrogens is 2. The second-order valence-corrected chi connectivity index (χ2v) is 5.44. The monoisotopic (exact) mass is 367 g/mol. The first kappa shape index (κ1) is 17.4. The van der Waals surface area contributed by atoms with E-state index in [9.17, 15) is 0 Å². The average molecular weight is 369 g/mol. The second kappa shape index (κ2) is 7.10. The standard InChI is InChI=1S/C16H11Cl2N3O.ClH/c1-2-22-15-5-9(8-19)3-4-10(15)16-20-13-6-11(17)12(18)7-14(13)21-16;/h3-7H,2H2,1H3,(H,20,21);1H. The van der Waals surface area contributed by atoms with Gasteiger partial charge >= 0.3 is 0 Å². The van der Waals surface area contributed by atoms with Gasteiger partial charge in [0.1, 0.15) is 11.6 Å². The van der Waals surface area contributed by atoms with Crippen LogP contribution in [0.1, 0.15) is 12.5 Å². The molecule has 0 spiro atoms. The van der Waals surface area contributed by atoms with Crippen LogP contribution < -0.4 is 4.74 Å². The van der Waals surface area contributed by atoms with E-state index >= 15 is 0 Å². The SMILES string of the molecule is CCOc1cc(C#N)ccc1-c1nc2cc(Cl)c(Cl)cc2[nH]1.Cl. The summed E-state index contributed by atoms with van der Waals surface area (Å²) in [6.07, 6.45) is 0. The van der Waals surface area contributed by atoms with Crippen LogP contribution >= 0.6 is 35.6 Å². The fraction of sp³-hybridized carbons (Fsp3) is 0.125. The van der Waals surface area contributed by atoms with E-state index in [0.717, 1.165) is 16.6 Å². The Balaban J connectivity index is 0.00000192. The van der Waals surface area contributed by atoms with Gasteiger partial charge in [0, 0.05) is 0 Å². The molecule has 118 valence electrons. The Morgan fingerprint density at radius 2 is 1.96 bits per heavy atom. The summed E-state index contributed by atoms with van der Waals surface area (Å²) in [5.41, 5.74) is 2.83. The quantitative estimate of drug-likeness (QED) is 0.688. The first-order valence-corrected chi connectivity index (χ1v) is 7.40. The Kier molecular flexibility index (Phi) is 5.38. The van der Waals surface area contributed by atoms with Gasteiger partial charge in [0.15, 0.2) is 0 Å². The Bertz CT molecular complexity index is 860. The van der Waals surface area contributed by atoms with Crippen molar-refractivity contribution in [2.45, 2.75) is 6.92 Å². The van der Waals surface area contributed by atoms with Crippen molar-refractivity contribution in [2.75, 3.05) is 6.61 Å². The molecule has 1 N–H and O–H groups in total. The number of imidazole rings is 1. The summed E-state index contributed by atoms with van der Waals surface area (Å²) in [5, 5.41) is 9.93. The number of halogens is 3. The molecule has 23 heavy (non-hydrogen) atoms. The smallest absolute Gasteiger partial charge is 0.142 e. The van der Waals surface area contributed by atoms with Crippen molar-refractivity contribution in [3.8, 4) is 23.2 Å². The van der Waals surface area contributed by atoms with Crippen LogP contribution in [-0.2, 0) is 0 Å². The van der Waals surface area contributed by atoms with Crippen LogP contribution in [0.5, 0.6) is 5.75 Å². The van der Waals surface area contributed by atoms with Crippen LogP contribution in [0.4, 0.5) is 0 Å². The minimum absolute atomic E-state index is 0. The molecule has 0 aliphatic heterocycles. The van der Waals surface area contributed by atoms with E-state index in [1.54, 1.807) is 24.3 Å². The van der Waals surface area contributed by atoms with Gasteiger partial charge in [-0.2, -0.15) is 5.26 Å². The van der Waals surface area contributed by atoms with E-state index in [4.69, 9.17) is 33.2 Å². The van der Waals surface area contributed by atoms with Crippen LogP contribution in [0.25, 0.3) is 22.4 Å². The normalized spacial score (nSPS) is 10.2. The van der Waals surface area contributed by atoms with Crippen molar-refractivity contribution < 1.29 is 4.74 Å². The molecule has 0 amide bonds. The average Bonchev–Trinajstić information content (AvgIpc) is 2.90.